The van der Waals surface area contributed by atoms with Gasteiger partial charge in [-0.05, 0) is 42.3 Å². The fraction of sp³-hybridized carbons (Fsp3) is 0.0870. The van der Waals surface area contributed by atoms with E-state index in [4.69, 9.17) is 4.74 Å². The molecule has 6 nitrogen and oxygen atoms in total. The molecule has 0 amide bonds. The number of aromatic amines is 1. The molecular formula is C23H19N5O. The van der Waals surface area contributed by atoms with Crippen molar-refractivity contribution in [3.05, 3.63) is 72.7 Å². The highest BCUT2D eigenvalue weighted by molar-refractivity contribution is 5.98. The maximum Gasteiger partial charge on any atom is 0.141 e. The molecule has 0 bridgehead atoms. The van der Waals surface area contributed by atoms with E-state index in [1.807, 2.05) is 49.5 Å². The lowest BCUT2D eigenvalue weighted by molar-refractivity contribution is 0.413. The Morgan fingerprint density at radius 3 is 2.76 bits per heavy atom. The number of rotatable bonds is 4. The van der Waals surface area contributed by atoms with E-state index in [2.05, 4.69) is 43.7 Å². The number of ether oxygens (including phenoxy) is 1. The van der Waals surface area contributed by atoms with Crippen molar-refractivity contribution in [1.29, 1.82) is 0 Å². The predicted molar refractivity (Wildman–Crippen MR) is 116 cm³/mol. The number of hydrogen-bond donors (Lipinski definition) is 2. The van der Waals surface area contributed by atoms with Gasteiger partial charge in [0.2, 0.25) is 0 Å². The van der Waals surface area contributed by atoms with Gasteiger partial charge >= 0.3 is 0 Å². The number of fused-ring (bicyclic) bond motifs is 2. The normalized spacial score (nSPS) is 11.1. The first-order valence-electron chi connectivity index (χ1n) is 9.32. The highest BCUT2D eigenvalue weighted by Gasteiger charge is 2.12. The molecule has 0 radical (unpaired) electrons. The second-order valence-electron chi connectivity index (χ2n) is 6.87. The van der Waals surface area contributed by atoms with E-state index < -0.39 is 0 Å². The summed E-state index contributed by atoms with van der Waals surface area (Å²) in [5.41, 5.74) is 5.98. The van der Waals surface area contributed by atoms with E-state index in [0.29, 0.717) is 0 Å². The number of anilines is 2. The van der Waals surface area contributed by atoms with Crippen molar-refractivity contribution in [3.63, 3.8) is 0 Å². The van der Waals surface area contributed by atoms with Gasteiger partial charge in [-0.1, -0.05) is 30.3 Å². The SMILES string of the molecule is COc1c(C)cccc1-c1ccc2ncnc(Nc3cccc4[nH]ncc34)c2c1. The van der Waals surface area contributed by atoms with Crippen LogP contribution in [0.1, 0.15) is 5.56 Å². The Kier molecular flexibility index (Phi) is 4.09. The van der Waals surface area contributed by atoms with Crippen molar-refractivity contribution in [3.8, 4) is 16.9 Å². The van der Waals surface area contributed by atoms with Crippen LogP contribution in [0.2, 0.25) is 0 Å². The Morgan fingerprint density at radius 2 is 1.86 bits per heavy atom. The number of nitrogens with one attached hydrogen (secondary N) is 2. The number of nitrogens with zero attached hydrogens (tertiary/aromatic N) is 3. The summed E-state index contributed by atoms with van der Waals surface area (Å²) < 4.78 is 5.65. The van der Waals surface area contributed by atoms with Gasteiger partial charge in [-0.25, -0.2) is 9.97 Å². The molecule has 2 N–H and O–H groups in total. The highest BCUT2D eigenvalue weighted by atomic mass is 16.5. The van der Waals surface area contributed by atoms with Crippen LogP contribution in [-0.4, -0.2) is 27.3 Å². The molecule has 5 aromatic rings. The Bertz CT molecular complexity index is 1340. The molecule has 0 aliphatic rings. The molecule has 0 saturated heterocycles. The zero-order chi connectivity index (χ0) is 19.8. The van der Waals surface area contributed by atoms with Gasteiger partial charge in [0.25, 0.3) is 0 Å². The minimum atomic E-state index is 0.747. The first kappa shape index (κ1) is 17.2. The zero-order valence-electron chi connectivity index (χ0n) is 16.1. The summed E-state index contributed by atoms with van der Waals surface area (Å²) in [6.07, 6.45) is 3.39. The van der Waals surface area contributed by atoms with E-state index in [-0.39, 0.29) is 0 Å². The lowest BCUT2D eigenvalue weighted by Crippen LogP contribution is -1.97. The van der Waals surface area contributed by atoms with E-state index >= 15 is 0 Å². The summed E-state index contributed by atoms with van der Waals surface area (Å²) in [6.45, 7) is 2.05. The maximum atomic E-state index is 5.65. The maximum absolute atomic E-state index is 5.65. The Labute approximate surface area is 167 Å². The lowest BCUT2D eigenvalue weighted by atomic mass is 10.00. The van der Waals surface area contributed by atoms with Crippen LogP contribution >= 0.6 is 0 Å². The second kappa shape index (κ2) is 6.91. The van der Waals surface area contributed by atoms with Crippen molar-refractivity contribution in [2.75, 3.05) is 12.4 Å². The molecule has 0 spiro atoms. The van der Waals surface area contributed by atoms with Gasteiger partial charge in [-0.3, -0.25) is 5.10 Å². The van der Waals surface area contributed by atoms with Crippen LogP contribution in [0.4, 0.5) is 11.5 Å². The van der Waals surface area contributed by atoms with Crippen molar-refractivity contribution in [2.45, 2.75) is 6.92 Å². The van der Waals surface area contributed by atoms with Crippen LogP contribution in [0.15, 0.2) is 67.1 Å². The molecular weight excluding hydrogens is 362 g/mol. The molecule has 6 heteroatoms. The van der Waals surface area contributed by atoms with Gasteiger partial charge < -0.3 is 10.1 Å². The molecule has 142 valence electrons. The molecule has 0 aliphatic carbocycles. The van der Waals surface area contributed by atoms with Gasteiger partial charge in [0.1, 0.15) is 17.9 Å². The van der Waals surface area contributed by atoms with E-state index in [0.717, 1.165) is 55.8 Å². The standard InChI is InChI=1S/C23H19N5O/c1-14-5-3-6-16(22(14)29-2)15-9-10-19-17(11-15)23(25-13-24-19)27-20-7-4-8-21-18(20)12-26-28-21/h3-13H,1-2H3,(H,26,28)(H,24,25,27). The molecule has 2 heterocycles. The van der Waals surface area contributed by atoms with Crippen LogP contribution in [0, 0.1) is 6.92 Å². The fourth-order valence-corrected chi connectivity index (χ4v) is 3.68. The zero-order valence-corrected chi connectivity index (χ0v) is 16.1. The molecule has 0 fully saturated rings. The van der Waals surface area contributed by atoms with Crippen LogP contribution in [-0.2, 0) is 0 Å². The summed E-state index contributed by atoms with van der Waals surface area (Å²) in [7, 11) is 1.70. The third-order valence-corrected chi connectivity index (χ3v) is 5.10. The first-order chi connectivity index (χ1) is 14.2. The van der Waals surface area contributed by atoms with Gasteiger partial charge in [-0.15, -0.1) is 0 Å². The summed E-state index contributed by atoms with van der Waals surface area (Å²) >= 11 is 0. The van der Waals surface area contributed by atoms with Gasteiger partial charge in [0.15, 0.2) is 0 Å². The quantitative estimate of drug-likeness (QED) is 0.446. The van der Waals surface area contributed by atoms with Crippen LogP contribution in [0.5, 0.6) is 5.75 Å². The first-order valence-corrected chi connectivity index (χ1v) is 9.32. The summed E-state index contributed by atoms with van der Waals surface area (Å²) in [6, 6.07) is 18.3. The van der Waals surface area contributed by atoms with Gasteiger partial charge in [0, 0.05) is 16.3 Å². The van der Waals surface area contributed by atoms with Crippen molar-refractivity contribution >= 4 is 33.3 Å². The number of methoxy groups -OCH3 is 1. The Balaban J connectivity index is 1.65. The number of aryl methyl sites for hydroxylation is 1. The average molecular weight is 381 g/mol. The van der Waals surface area contributed by atoms with Crippen LogP contribution in [0.25, 0.3) is 32.9 Å². The van der Waals surface area contributed by atoms with Crippen LogP contribution in [0.3, 0.4) is 0 Å². The molecule has 0 atom stereocenters. The number of hydrogen-bond acceptors (Lipinski definition) is 5. The number of benzene rings is 3. The topological polar surface area (TPSA) is 75.7 Å². The monoisotopic (exact) mass is 381 g/mol. The van der Waals surface area contributed by atoms with Gasteiger partial charge in [0.05, 0.1) is 30.0 Å². The molecule has 0 saturated carbocycles. The minimum absolute atomic E-state index is 0.747. The molecule has 0 aliphatic heterocycles. The number of aromatic nitrogens is 4. The molecule has 3 aromatic carbocycles. The summed E-state index contributed by atoms with van der Waals surface area (Å²) in [4.78, 5) is 8.93. The second-order valence-corrected chi connectivity index (χ2v) is 6.87. The van der Waals surface area contributed by atoms with Crippen molar-refractivity contribution in [1.82, 2.24) is 20.2 Å². The molecule has 0 unspecified atom stereocenters. The number of H-pyrrole nitrogens is 1. The summed E-state index contributed by atoms with van der Waals surface area (Å²) in [5.74, 6) is 1.62. The molecule has 2 aromatic heterocycles. The third kappa shape index (κ3) is 2.95. The predicted octanol–water partition coefficient (Wildman–Crippen LogP) is 5.23. The lowest BCUT2D eigenvalue weighted by Gasteiger charge is -2.13. The van der Waals surface area contributed by atoms with E-state index in [1.54, 1.807) is 13.4 Å². The van der Waals surface area contributed by atoms with Crippen molar-refractivity contribution in [2.24, 2.45) is 0 Å². The van der Waals surface area contributed by atoms with E-state index in [9.17, 15) is 0 Å². The summed E-state index contributed by atoms with van der Waals surface area (Å²) in [5, 5.41) is 12.5. The molecule has 29 heavy (non-hydrogen) atoms. The minimum Gasteiger partial charge on any atom is -0.496 e. The van der Waals surface area contributed by atoms with Gasteiger partial charge in [-0.2, -0.15) is 5.10 Å². The average Bonchev–Trinajstić information content (AvgIpc) is 3.23. The molecule has 5 rings (SSSR count). The fourth-order valence-electron chi connectivity index (χ4n) is 3.68. The smallest absolute Gasteiger partial charge is 0.141 e. The largest absolute Gasteiger partial charge is 0.496 e. The number of para-hydroxylation sites is 1. The Hall–Kier alpha value is -3.93. The van der Waals surface area contributed by atoms with E-state index in [1.165, 1.54) is 0 Å². The Morgan fingerprint density at radius 1 is 0.966 bits per heavy atom. The van der Waals surface area contributed by atoms with Crippen LogP contribution < -0.4 is 10.1 Å². The third-order valence-electron chi connectivity index (χ3n) is 5.10. The highest BCUT2D eigenvalue weighted by Crippen LogP contribution is 2.35. The van der Waals surface area contributed by atoms with Crippen molar-refractivity contribution < 1.29 is 4.74 Å².